The normalized spacial score (nSPS) is 17.1. The van der Waals surface area contributed by atoms with Gasteiger partial charge in [0.25, 0.3) is 0 Å². The van der Waals surface area contributed by atoms with E-state index in [9.17, 15) is 4.79 Å². The van der Waals surface area contributed by atoms with Gasteiger partial charge in [0.05, 0.1) is 0 Å². The van der Waals surface area contributed by atoms with Crippen molar-refractivity contribution >= 4 is 29.1 Å². The summed E-state index contributed by atoms with van der Waals surface area (Å²) < 4.78 is 0. The van der Waals surface area contributed by atoms with Crippen LogP contribution in [0.1, 0.15) is 18.4 Å². The monoisotopic (exact) mass is 384 g/mol. The van der Waals surface area contributed by atoms with E-state index in [0.29, 0.717) is 24.0 Å². The number of carbonyl (C=O) groups is 1. The van der Waals surface area contributed by atoms with Crippen LogP contribution in [0.15, 0.2) is 42.6 Å². The Balaban J connectivity index is 1.44. The molecule has 5 nitrogen and oxygen atoms in total. The van der Waals surface area contributed by atoms with E-state index in [1.807, 2.05) is 46.3 Å². The smallest absolute Gasteiger partial charge is 0.324 e. The maximum atomic E-state index is 13.2. The lowest BCUT2D eigenvalue weighted by atomic mass is 10.2. The molecule has 2 aliphatic rings. The lowest BCUT2D eigenvalue weighted by Gasteiger charge is -2.38. The van der Waals surface area contributed by atoms with Crippen LogP contribution in [0.4, 0.5) is 16.3 Å². The highest BCUT2D eigenvalue weighted by Gasteiger charge is 2.31. The second-order valence-electron chi connectivity index (χ2n) is 7.43. The number of anilines is 2. The van der Waals surface area contributed by atoms with Crippen molar-refractivity contribution in [2.75, 3.05) is 42.5 Å². The second kappa shape index (κ2) is 7.77. The van der Waals surface area contributed by atoms with Crippen LogP contribution in [0, 0.1) is 12.8 Å². The average Bonchev–Trinajstić information content (AvgIpc) is 3.51. The summed E-state index contributed by atoms with van der Waals surface area (Å²) in [6, 6.07) is 11.7. The Morgan fingerprint density at radius 1 is 1.15 bits per heavy atom. The van der Waals surface area contributed by atoms with Crippen molar-refractivity contribution in [2.45, 2.75) is 19.8 Å². The summed E-state index contributed by atoms with van der Waals surface area (Å²) in [4.78, 5) is 23.9. The molecule has 0 unspecified atom stereocenters. The van der Waals surface area contributed by atoms with Crippen molar-refractivity contribution in [3.05, 3.63) is 53.2 Å². The van der Waals surface area contributed by atoms with Gasteiger partial charge >= 0.3 is 6.03 Å². The summed E-state index contributed by atoms with van der Waals surface area (Å²) >= 11 is 6.02. The lowest BCUT2D eigenvalue weighted by molar-refractivity contribution is 0.200. The Hall–Kier alpha value is -2.27. The van der Waals surface area contributed by atoms with Crippen molar-refractivity contribution in [2.24, 2.45) is 5.92 Å². The number of hydrogen-bond acceptors (Lipinski definition) is 3. The van der Waals surface area contributed by atoms with Gasteiger partial charge in [-0.3, -0.25) is 4.90 Å². The Bertz CT molecular complexity index is 798. The zero-order valence-electron chi connectivity index (χ0n) is 15.6. The number of nitrogens with zero attached hydrogens (tertiary/aromatic N) is 4. The topological polar surface area (TPSA) is 39.7 Å². The molecule has 1 aromatic heterocycles. The van der Waals surface area contributed by atoms with Crippen molar-refractivity contribution in [1.82, 2.24) is 9.88 Å². The molecule has 1 aliphatic carbocycles. The number of hydrogen-bond donors (Lipinski definition) is 0. The molecule has 142 valence electrons. The van der Waals surface area contributed by atoms with Crippen molar-refractivity contribution < 1.29 is 4.79 Å². The predicted molar refractivity (Wildman–Crippen MR) is 110 cm³/mol. The molecule has 1 aliphatic heterocycles. The summed E-state index contributed by atoms with van der Waals surface area (Å²) in [5.74, 6) is 1.65. The van der Waals surface area contributed by atoms with Crippen LogP contribution in [0.5, 0.6) is 0 Å². The zero-order chi connectivity index (χ0) is 18.8. The Labute approximate surface area is 165 Å². The largest absolute Gasteiger partial charge is 0.353 e. The van der Waals surface area contributed by atoms with Gasteiger partial charge in [0.15, 0.2) is 0 Å². The van der Waals surface area contributed by atoms with E-state index in [0.717, 1.165) is 31.1 Å². The summed E-state index contributed by atoms with van der Waals surface area (Å²) in [6.07, 6.45) is 4.26. The minimum absolute atomic E-state index is 0.0987. The molecule has 1 saturated carbocycles. The lowest BCUT2D eigenvalue weighted by Crippen LogP contribution is -2.53. The van der Waals surface area contributed by atoms with Crippen LogP contribution in [0.25, 0.3) is 0 Å². The highest BCUT2D eigenvalue weighted by molar-refractivity contribution is 6.30. The highest BCUT2D eigenvalue weighted by atomic mass is 35.5. The minimum Gasteiger partial charge on any atom is -0.353 e. The molecular formula is C21H25ClN4O. The van der Waals surface area contributed by atoms with Crippen LogP contribution in [0.2, 0.25) is 5.02 Å². The Morgan fingerprint density at radius 2 is 1.85 bits per heavy atom. The number of rotatable bonds is 4. The molecule has 2 fully saturated rings. The number of amides is 2. The fraction of sp³-hybridized carbons (Fsp3) is 0.429. The summed E-state index contributed by atoms with van der Waals surface area (Å²) in [5, 5.41) is 0.692. The van der Waals surface area contributed by atoms with Crippen LogP contribution in [-0.4, -0.2) is 48.6 Å². The molecule has 2 aromatic rings. The molecule has 2 amide bonds. The summed E-state index contributed by atoms with van der Waals surface area (Å²) in [6.45, 7) is 5.91. The molecular weight excluding hydrogens is 360 g/mol. The van der Waals surface area contributed by atoms with Gasteiger partial charge in [-0.2, -0.15) is 0 Å². The van der Waals surface area contributed by atoms with Crippen molar-refractivity contribution in [3.8, 4) is 0 Å². The number of urea groups is 1. The molecule has 0 N–H and O–H groups in total. The van der Waals surface area contributed by atoms with E-state index >= 15 is 0 Å². The number of piperazine rings is 1. The third kappa shape index (κ3) is 4.19. The zero-order valence-corrected chi connectivity index (χ0v) is 16.4. The van der Waals surface area contributed by atoms with Gasteiger partial charge in [-0.05, 0) is 61.6 Å². The van der Waals surface area contributed by atoms with Crippen molar-refractivity contribution in [3.63, 3.8) is 0 Å². The molecule has 0 radical (unpaired) electrons. The summed E-state index contributed by atoms with van der Waals surface area (Å²) in [7, 11) is 0. The van der Waals surface area contributed by atoms with E-state index < -0.39 is 0 Å². The first-order valence-electron chi connectivity index (χ1n) is 9.60. The van der Waals surface area contributed by atoms with Crippen LogP contribution >= 0.6 is 11.6 Å². The molecule has 4 rings (SSSR count). The maximum absolute atomic E-state index is 13.2. The third-order valence-electron chi connectivity index (χ3n) is 5.34. The Kier molecular flexibility index (Phi) is 5.21. The molecule has 6 heteroatoms. The molecule has 0 bridgehead atoms. The first kappa shape index (κ1) is 18.1. The van der Waals surface area contributed by atoms with Crippen molar-refractivity contribution in [1.29, 1.82) is 0 Å². The number of benzene rings is 1. The molecule has 27 heavy (non-hydrogen) atoms. The second-order valence-corrected chi connectivity index (χ2v) is 7.87. The molecule has 1 saturated heterocycles. The predicted octanol–water partition coefficient (Wildman–Crippen LogP) is 4.20. The fourth-order valence-corrected chi connectivity index (χ4v) is 3.69. The van der Waals surface area contributed by atoms with Gasteiger partial charge in [-0.15, -0.1) is 0 Å². The first-order valence-corrected chi connectivity index (χ1v) is 9.98. The first-order chi connectivity index (χ1) is 13.1. The van der Waals surface area contributed by atoms with Gasteiger partial charge in [0, 0.05) is 49.6 Å². The number of aromatic nitrogens is 1. The number of pyridine rings is 1. The molecule has 2 heterocycles. The van der Waals surface area contributed by atoms with Gasteiger partial charge in [0.2, 0.25) is 0 Å². The third-order valence-corrected chi connectivity index (χ3v) is 5.59. The summed E-state index contributed by atoms with van der Waals surface area (Å²) in [5.41, 5.74) is 2.10. The number of carbonyl (C=O) groups excluding carboxylic acids is 1. The van der Waals surface area contributed by atoms with Gasteiger partial charge in [0.1, 0.15) is 5.82 Å². The van der Waals surface area contributed by atoms with E-state index in [4.69, 9.17) is 11.6 Å². The minimum atomic E-state index is 0.0987. The quantitative estimate of drug-likeness (QED) is 0.793. The molecule has 1 aromatic carbocycles. The van der Waals surface area contributed by atoms with Gasteiger partial charge in [-0.1, -0.05) is 17.7 Å². The standard InChI is InChI=1S/C21H25ClN4O/c1-16-3-2-10-23-20(16)24-11-13-25(14-12-24)21(27)26(15-17-4-5-17)19-8-6-18(22)7-9-19/h2-3,6-10,17H,4-5,11-15H2,1H3. The fourth-order valence-electron chi connectivity index (χ4n) is 3.56. The van der Waals surface area contributed by atoms with Crippen LogP contribution in [0.3, 0.4) is 0 Å². The van der Waals surface area contributed by atoms with E-state index in [1.165, 1.54) is 18.4 Å². The number of halogens is 1. The maximum Gasteiger partial charge on any atom is 0.324 e. The van der Waals surface area contributed by atoms with Crippen LogP contribution < -0.4 is 9.80 Å². The number of aryl methyl sites for hydroxylation is 1. The molecule has 0 spiro atoms. The Morgan fingerprint density at radius 3 is 2.48 bits per heavy atom. The van der Waals surface area contributed by atoms with E-state index in [2.05, 4.69) is 22.9 Å². The van der Waals surface area contributed by atoms with E-state index in [-0.39, 0.29) is 6.03 Å². The average molecular weight is 385 g/mol. The van der Waals surface area contributed by atoms with Gasteiger partial charge in [-0.25, -0.2) is 9.78 Å². The van der Waals surface area contributed by atoms with E-state index in [1.54, 1.807) is 0 Å². The van der Waals surface area contributed by atoms with Crippen LogP contribution in [-0.2, 0) is 0 Å². The molecule has 0 atom stereocenters. The van der Waals surface area contributed by atoms with Gasteiger partial charge < -0.3 is 9.80 Å². The SMILES string of the molecule is Cc1cccnc1N1CCN(C(=O)N(CC2CC2)c2ccc(Cl)cc2)CC1. The highest BCUT2D eigenvalue weighted by Crippen LogP contribution is 2.32.